The van der Waals surface area contributed by atoms with Gasteiger partial charge in [-0.05, 0) is 62.9 Å². The number of nitrogens with one attached hydrogen (secondary N) is 1. The zero-order valence-electron chi connectivity index (χ0n) is 17.4. The SMILES string of the molecule is COc1cc(C=Cc2ccccc2)cc(OC(=O)C2CCCN2)c1CC=C(C)C. The summed E-state index contributed by atoms with van der Waals surface area (Å²) in [6.07, 6.45) is 8.61. The van der Waals surface area contributed by atoms with Gasteiger partial charge in [0, 0.05) is 5.56 Å². The second-order valence-electron chi connectivity index (χ2n) is 7.50. The van der Waals surface area contributed by atoms with Crippen molar-refractivity contribution in [3.63, 3.8) is 0 Å². The van der Waals surface area contributed by atoms with Crippen molar-refractivity contribution < 1.29 is 14.3 Å². The van der Waals surface area contributed by atoms with Gasteiger partial charge in [0.2, 0.25) is 0 Å². The van der Waals surface area contributed by atoms with Crippen molar-refractivity contribution in [2.75, 3.05) is 13.7 Å². The molecule has 1 heterocycles. The number of allylic oxidation sites excluding steroid dienone is 2. The number of carbonyl (C=O) groups excluding carboxylic acids is 1. The van der Waals surface area contributed by atoms with Gasteiger partial charge in [0.1, 0.15) is 17.5 Å². The summed E-state index contributed by atoms with van der Waals surface area (Å²) in [7, 11) is 1.65. The second kappa shape index (κ2) is 10.1. The molecule has 152 valence electrons. The van der Waals surface area contributed by atoms with Crippen molar-refractivity contribution in [3.05, 3.63) is 70.8 Å². The van der Waals surface area contributed by atoms with Gasteiger partial charge < -0.3 is 14.8 Å². The van der Waals surface area contributed by atoms with E-state index in [1.807, 2.05) is 54.6 Å². The molecule has 29 heavy (non-hydrogen) atoms. The van der Waals surface area contributed by atoms with E-state index >= 15 is 0 Å². The molecule has 1 saturated heterocycles. The molecule has 0 aliphatic carbocycles. The predicted octanol–water partition coefficient (Wildman–Crippen LogP) is 5.03. The highest BCUT2D eigenvalue weighted by Crippen LogP contribution is 2.33. The van der Waals surface area contributed by atoms with Crippen LogP contribution in [-0.4, -0.2) is 25.7 Å². The van der Waals surface area contributed by atoms with Crippen LogP contribution in [-0.2, 0) is 11.2 Å². The molecule has 1 N–H and O–H groups in total. The summed E-state index contributed by atoms with van der Waals surface area (Å²) in [4.78, 5) is 12.6. The Morgan fingerprint density at radius 3 is 2.48 bits per heavy atom. The lowest BCUT2D eigenvalue weighted by molar-refractivity contribution is -0.136. The molecular weight excluding hydrogens is 362 g/mol. The molecule has 1 atom stereocenters. The molecule has 0 radical (unpaired) electrons. The predicted molar refractivity (Wildman–Crippen MR) is 118 cm³/mol. The average molecular weight is 392 g/mol. The van der Waals surface area contributed by atoms with E-state index < -0.39 is 0 Å². The molecule has 2 aromatic carbocycles. The zero-order valence-corrected chi connectivity index (χ0v) is 17.4. The van der Waals surface area contributed by atoms with E-state index in [2.05, 4.69) is 25.2 Å². The Bertz CT molecular complexity index is 890. The van der Waals surface area contributed by atoms with Gasteiger partial charge in [0.15, 0.2) is 0 Å². The van der Waals surface area contributed by atoms with Crippen LogP contribution in [0.15, 0.2) is 54.1 Å². The van der Waals surface area contributed by atoms with Crippen molar-refractivity contribution in [1.82, 2.24) is 5.32 Å². The zero-order chi connectivity index (χ0) is 20.6. The fraction of sp³-hybridized carbons (Fsp3) is 0.320. The van der Waals surface area contributed by atoms with Crippen molar-refractivity contribution in [2.45, 2.75) is 39.2 Å². The van der Waals surface area contributed by atoms with Crippen LogP contribution in [0.5, 0.6) is 11.5 Å². The Balaban J connectivity index is 1.94. The molecule has 0 bridgehead atoms. The van der Waals surface area contributed by atoms with Gasteiger partial charge in [0.05, 0.1) is 7.11 Å². The molecule has 4 heteroatoms. The maximum absolute atomic E-state index is 12.6. The van der Waals surface area contributed by atoms with Crippen LogP contribution in [0, 0.1) is 0 Å². The standard InChI is InChI=1S/C25H29NO3/c1-18(2)11-14-21-23(28-3)16-20(13-12-19-8-5-4-6-9-19)17-24(21)29-25(27)22-10-7-15-26-22/h4-6,8-9,11-13,16-17,22,26H,7,10,14-15H2,1-3H3. The Morgan fingerprint density at radius 1 is 1.10 bits per heavy atom. The lowest BCUT2D eigenvalue weighted by Gasteiger charge is -2.16. The van der Waals surface area contributed by atoms with E-state index in [0.29, 0.717) is 12.2 Å². The van der Waals surface area contributed by atoms with Crippen LogP contribution >= 0.6 is 0 Å². The van der Waals surface area contributed by atoms with E-state index in [1.165, 1.54) is 5.57 Å². The lowest BCUT2D eigenvalue weighted by Crippen LogP contribution is -2.34. The van der Waals surface area contributed by atoms with Crippen LogP contribution in [0.25, 0.3) is 12.2 Å². The summed E-state index contributed by atoms with van der Waals surface area (Å²) in [6, 6.07) is 13.8. The highest BCUT2D eigenvalue weighted by Gasteiger charge is 2.25. The molecule has 3 rings (SSSR count). The third kappa shape index (κ3) is 5.81. The minimum absolute atomic E-state index is 0.229. The fourth-order valence-corrected chi connectivity index (χ4v) is 3.34. The lowest BCUT2D eigenvalue weighted by atomic mass is 10.0. The highest BCUT2D eigenvalue weighted by atomic mass is 16.5. The Labute approximate surface area is 173 Å². The minimum Gasteiger partial charge on any atom is -0.496 e. The quantitative estimate of drug-likeness (QED) is 0.311. The van der Waals surface area contributed by atoms with Gasteiger partial charge in [0.25, 0.3) is 0 Å². The summed E-state index contributed by atoms with van der Waals surface area (Å²) >= 11 is 0. The van der Waals surface area contributed by atoms with E-state index in [0.717, 1.165) is 41.8 Å². The molecule has 1 aliphatic rings. The molecule has 0 aromatic heterocycles. The van der Waals surface area contributed by atoms with Crippen molar-refractivity contribution in [2.24, 2.45) is 0 Å². The number of esters is 1. The highest BCUT2D eigenvalue weighted by molar-refractivity contribution is 5.80. The minimum atomic E-state index is -0.235. The first-order chi connectivity index (χ1) is 14.1. The molecule has 2 aromatic rings. The van der Waals surface area contributed by atoms with Gasteiger partial charge in [-0.3, -0.25) is 0 Å². The van der Waals surface area contributed by atoms with Gasteiger partial charge in [-0.15, -0.1) is 0 Å². The third-order valence-electron chi connectivity index (χ3n) is 4.95. The monoisotopic (exact) mass is 391 g/mol. The van der Waals surface area contributed by atoms with E-state index in [1.54, 1.807) is 7.11 Å². The average Bonchev–Trinajstić information content (AvgIpc) is 3.26. The molecule has 0 saturated carbocycles. The normalized spacial score (nSPS) is 16.0. The summed E-state index contributed by atoms with van der Waals surface area (Å²) in [5.74, 6) is 1.06. The molecule has 1 unspecified atom stereocenters. The Morgan fingerprint density at radius 2 is 1.83 bits per heavy atom. The van der Waals surface area contributed by atoms with E-state index in [-0.39, 0.29) is 12.0 Å². The van der Waals surface area contributed by atoms with E-state index in [9.17, 15) is 4.79 Å². The largest absolute Gasteiger partial charge is 0.496 e. The summed E-state index contributed by atoms with van der Waals surface area (Å²) < 4.78 is 11.5. The topological polar surface area (TPSA) is 47.6 Å². The maximum Gasteiger partial charge on any atom is 0.328 e. The molecule has 0 amide bonds. The summed E-state index contributed by atoms with van der Waals surface area (Å²) in [5.41, 5.74) is 4.12. The number of carbonyl (C=O) groups is 1. The molecule has 0 spiro atoms. The number of hydrogen-bond acceptors (Lipinski definition) is 4. The van der Waals surface area contributed by atoms with Crippen LogP contribution in [0.1, 0.15) is 43.4 Å². The van der Waals surface area contributed by atoms with E-state index in [4.69, 9.17) is 9.47 Å². The number of ether oxygens (including phenoxy) is 2. The molecule has 1 aliphatic heterocycles. The fourth-order valence-electron chi connectivity index (χ4n) is 3.34. The first kappa shape index (κ1) is 20.9. The number of hydrogen-bond donors (Lipinski definition) is 1. The van der Waals surface area contributed by atoms with Crippen molar-refractivity contribution in [1.29, 1.82) is 0 Å². The van der Waals surface area contributed by atoms with Crippen LogP contribution in [0.2, 0.25) is 0 Å². The Kier molecular flexibility index (Phi) is 7.25. The first-order valence-corrected chi connectivity index (χ1v) is 10.1. The maximum atomic E-state index is 12.6. The molecular formula is C25H29NO3. The van der Waals surface area contributed by atoms with Gasteiger partial charge in [-0.25, -0.2) is 4.79 Å². The Hall–Kier alpha value is -2.85. The summed E-state index contributed by atoms with van der Waals surface area (Å²) in [6.45, 7) is 4.96. The first-order valence-electron chi connectivity index (χ1n) is 10.1. The number of methoxy groups -OCH3 is 1. The van der Waals surface area contributed by atoms with Crippen LogP contribution < -0.4 is 14.8 Å². The van der Waals surface area contributed by atoms with Gasteiger partial charge in [-0.1, -0.05) is 54.1 Å². The smallest absolute Gasteiger partial charge is 0.328 e. The third-order valence-corrected chi connectivity index (χ3v) is 4.95. The second-order valence-corrected chi connectivity index (χ2v) is 7.50. The van der Waals surface area contributed by atoms with Crippen molar-refractivity contribution in [3.8, 4) is 11.5 Å². The molecule has 1 fully saturated rings. The van der Waals surface area contributed by atoms with Crippen LogP contribution in [0.4, 0.5) is 0 Å². The van der Waals surface area contributed by atoms with Crippen LogP contribution in [0.3, 0.4) is 0 Å². The number of benzene rings is 2. The van der Waals surface area contributed by atoms with Gasteiger partial charge in [-0.2, -0.15) is 0 Å². The number of rotatable bonds is 7. The molecule has 4 nitrogen and oxygen atoms in total. The van der Waals surface area contributed by atoms with Crippen molar-refractivity contribution >= 4 is 18.1 Å². The van der Waals surface area contributed by atoms with Gasteiger partial charge >= 0.3 is 5.97 Å². The summed E-state index contributed by atoms with van der Waals surface area (Å²) in [5, 5.41) is 3.20.